The highest BCUT2D eigenvalue weighted by Crippen LogP contribution is 2.24. The van der Waals surface area contributed by atoms with Crippen LogP contribution in [0.5, 0.6) is 0 Å². The number of rotatable bonds is 5. The van der Waals surface area contributed by atoms with Crippen LogP contribution in [-0.4, -0.2) is 11.8 Å². The van der Waals surface area contributed by atoms with Gasteiger partial charge in [0.25, 0.3) is 0 Å². The van der Waals surface area contributed by atoms with Gasteiger partial charge in [-0.25, -0.2) is 9.78 Å². The highest BCUT2D eigenvalue weighted by atomic mass is 32.1. The molecule has 0 fully saturated rings. The molecule has 1 heterocycles. The SMILES string of the molecule is CC(C)C(=O)Nc1ccccc1C(=O)Nc1[nH+]cc(N=O)s1. The summed E-state index contributed by atoms with van der Waals surface area (Å²) in [6.07, 6.45) is 1.40. The Morgan fingerprint density at radius 2 is 1.95 bits per heavy atom. The van der Waals surface area contributed by atoms with Crippen LogP contribution in [0.4, 0.5) is 15.8 Å². The smallest absolute Gasteiger partial charge is 0.325 e. The monoisotopic (exact) mass is 319 g/mol. The molecule has 0 radical (unpaired) electrons. The third-order valence-electron chi connectivity index (χ3n) is 2.80. The minimum absolute atomic E-state index is 0.171. The summed E-state index contributed by atoms with van der Waals surface area (Å²) < 4.78 is 0. The minimum Gasteiger partial charge on any atom is -0.325 e. The molecule has 0 bridgehead atoms. The predicted octanol–water partition coefficient (Wildman–Crippen LogP) is 2.81. The number of aromatic amines is 1. The van der Waals surface area contributed by atoms with E-state index in [4.69, 9.17) is 0 Å². The fraction of sp³-hybridized carbons (Fsp3) is 0.214. The number of H-pyrrole nitrogens is 1. The van der Waals surface area contributed by atoms with E-state index in [0.29, 0.717) is 16.4 Å². The van der Waals surface area contributed by atoms with Gasteiger partial charge in [-0.1, -0.05) is 26.0 Å². The van der Waals surface area contributed by atoms with Crippen molar-refractivity contribution >= 4 is 39.0 Å². The molecule has 114 valence electrons. The normalized spacial score (nSPS) is 10.3. The van der Waals surface area contributed by atoms with E-state index in [2.05, 4.69) is 20.8 Å². The lowest BCUT2D eigenvalue weighted by Crippen LogP contribution is -2.22. The van der Waals surface area contributed by atoms with Crippen molar-refractivity contribution in [3.63, 3.8) is 0 Å². The Balaban J connectivity index is 2.18. The van der Waals surface area contributed by atoms with E-state index in [9.17, 15) is 14.5 Å². The topological polar surface area (TPSA) is 102 Å². The van der Waals surface area contributed by atoms with Crippen molar-refractivity contribution in [1.82, 2.24) is 0 Å². The van der Waals surface area contributed by atoms with Crippen LogP contribution in [-0.2, 0) is 4.79 Å². The van der Waals surface area contributed by atoms with E-state index in [1.165, 1.54) is 6.20 Å². The molecule has 1 aromatic heterocycles. The van der Waals surface area contributed by atoms with E-state index < -0.39 is 5.91 Å². The Kier molecular flexibility index (Phi) is 4.95. The number of amides is 2. The van der Waals surface area contributed by atoms with Crippen LogP contribution in [0, 0.1) is 10.8 Å². The first kappa shape index (κ1) is 15.8. The van der Waals surface area contributed by atoms with Gasteiger partial charge < -0.3 is 5.32 Å². The number of carbonyl (C=O) groups excluding carboxylic acids is 2. The number of benzene rings is 1. The van der Waals surface area contributed by atoms with Gasteiger partial charge >= 0.3 is 11.0 Å². The number of thiazole rings is 1. The molecule has 0 saturated heterocycles. The van der Waals surface area contributed by atoms with Crippen LogP contribution in [0.3, 0.4) is 0 Å². The van der Waals surface area contributed by atoms with Gasteiger partial charge in [0.05, 0.1) is 11.3 Å². The van der Waals surface area contributed by atoms with Gasteiger partial charge in [-0.3, -0.25) is 4.79 Å². The number of para-hydroxylation sites is 1. The van der Waals surface area contributed by atoms with Crippen molar-refractivity contribution in [1.29, 1.82) is 0 Å². The lowest BCUT2D eigenvalue weighted by Gasteiger charge is -2.10. The zero-order valence-electron chi connectivity index (χ0n) is 12.0. The number of nitroso groups, excluding NO2 is 1. The molecule has 0 atom stereocenters. The maximum Gasteiger partial charge on any atom is 0.341 e. The lowest BCUT2D eigenvalue weighted by molar-refractivity contribution is -0.353. The maximum atomic E-state index is 12.3. The summed E-state index contributed by atoms with van der Waals surface area (Å²) in [6, 6.07) is 6.71. The first-order chi connectivity index (χ1) is 10.5. The highest BCUT2D eigenvalue weighted by Gasteiger charge is 2.20. The molecular formula is C14H15N4O3S+. The van der Waals surface area contributed by atoms with Gasteiger partial charge in [0, 0.05) is 5.92 Å². The molecule has 0 saturated carbocycles. The molecule has 7 nitrogen and oxygen atoms in total. The summed E-state index contributed by atoms with van der Waals surface area (Å²) >= 11 is 1.03. The summed E-state index contributed by atoms with van der Waals surface area (Å²) in [5, 5.41) is 8.75. The molecule has 2 aromatic rings. The van der Waals surface area contributed by atoms with E-state index in [0.717, 1.165) is 11.3 Å². The molecule has 2 rings (SSSR count). The molecule has 0 aliphatic rings. The molecule has 0 spiro atoms. The second kappa shape index (κ2) is 6.90. The van der Waals surface area contributed by atoms with E-state index in [1.54, 1.807) is 38.1 Å². The Bertz CT molecular complexity index is 712. The molecule has 0 aliphatic carbocycles. The van der Waals surface area contributed by atoms with Crippen LogP contribution in [0.25, 0.3) is 0 Å². The average molecular weight is 319 g/mol. The molecule has 8 heteroatoms. The van der Waals surface area contributed by atoms with Crippen molar-refractivity contribution in [2.45, 2.75) is 13.8 Å². The number of carbonyl (C=O) groups is 2. The summed E-state index contributed by atoms with van der Waals surface area (Å²) in [7, 11) is 0. The van der Waals surface area contributed by atoms with Crippen LogP contribution < -0.4 is 15.6 Å². The largest absolute Gasteiger partial charge is 0.341 e. The molecule has 2 amide bonds. The average Bonchev–Trinajstić information content (AvgIpc) is 2.95. The Morgan fingerprint density at radius 1 is 1.23 bits per heavy atom. The van der Waals surface area contributed by atoms with Gasteiger partial charge in [0.15, 0.2) is 0 Å². The van der Waals surface area contributed by atoms with Gasteiger partial charge in [-0.05, 0) is 28.6 Å². The third-order valence-corrected chi connectivity index (χ3v) is 3.63. The first-order valence-corrected chi connectivity index (χ1v) is 7.39. The van der Waals surface area contributed by atoms with E-state index in [1.807, 2.05) is 0 Å². The molecule has 3 N–H and O–H groups in total. The lowest BCUT2D eigenvalue weighted by atomic mass is 10.1. The number of nitrogens with one attached hydrogen (secondary N) is 3. The molecule has 0 aliphatic heterocycles. The van der Waals surface area contributed by atoms with E-state index in [-0.39, 0.29) is 16.8 Å². The molecular weight excluding hydrogens is 304 g/mol. The van der Waals surface area contributed by atoms with Crippen LogP contribution in [0.1, 0.15) is 24.2 Å². The van der Waals surface area contributed by atoms with Crippen LogP contribution in [0.15, 0.2) is 35.6 Å². The zero-order valence-corrected chi connectivity index (χ0v) is 12.9. The fourth-order valence-corrected chi connectivity index (χ4v) is 2.26. The van der Waals surface area contributed by atoms with Gasteiger partial charge in [0.1, 0.15) is 6.20 Å². The molecule has 22 heavy (non-hydrogen) atoms. The maximum absolute atomic E-state index is 12.3. The van der Waals surface area contributed by atoms with Crippen molar-refractivity contribution in [2.75, 3.05) is 10.6 Å². The summed E-state index contributed by atoms with van der Waals surface area (Å²) in [6.45, 7) is 3.54. The molecule has 0 unspecified atom stereocenters. The Morgan fingerprint density at radius 3 is 2.59 bits per heavy atom. The summed E-state index contributed by atoms with van der Waals surface area (Å²) in [5.74, 6) is -0.756. The number of anilines is 2. The predicted molar refractivity (Wildman–Crippen MR) is 84.2 cm³/mol. The first-order valence-electron chi connectivity index (χ1n) is 6.57. The van der Waals surface area contributed by atoms with Gasteiger partial charge in [0.2, 0.25) is 10.9 Å². The zero-order chi connectivity index (χ0) is 16.1. The molecule has 1 aromatic carbocycles. The second-order valence-corrected chi connectivity index (χ2v) is 5.82. The van der Waals surface area contributed by atoms with Gasteiger partial charge in [-0.15, -0.1) is 4.91 Å². The number of aromatic nitrogens is 1. The minimum atomic E-state index is -0.393. The van der Waals surface area contributed by atoms with Crippen molar-refractivity contribution < 1.29 is 14.6 Å². The van der Waals surface area contributed by atoms with Gasteiger partial charge in [-0.2, -0.15) is 5.32 Å². The number of hydrogen-bond acceptors (Lipinski definition) is 5. The van der Waals surface area contributed by atoms with Crippen molar-refractivity contribution in [2.24, 2.45) is 11.1 Å². The van der Waals surface area contributed by atoms with Crippen LogP contribution in [0.2, 0.25) is 0 Å². The van der Waals surface area contributed by atoms with Crippen molar-refractivity contribution in [3.05, 3.63) is 40.9 Å². The highest BCUT2D eigenvalue weighted by molar-refractivity contribution is 7.18. The van der Waals surface area contributed by atoms with Crippen LogP contribution >= 0.6 is 11.3 Å². The Hall–Kier alpha value is -2.61. The van der Waals surface area contributed by atoms with E-state index >= 15 is 0 Å². The quantitative estimate of drug-likeness (QED) is 0.828. The third kappa shape index (κ3) is 3.73. The van der Waals surface area contributed by atoms with Crippen molar-refractivity contribution in [3.8, 4) is 0 Å². The second-order valence-electron chi connectivity index (χ2n) is 4.79. The number of hydrogen-bond donors (Lipinski definition) is 2. The summed E-state index contributed by atoms with van der Waals surface area (Å²) in [5.41, 5.74) is 0.767. The standard InChI is InChI=1S/C14H14N4O3S/c1-8(2)12(19)16-10-6-4-3-5-9(10)13(20)17-14-15-7-11(18-21)22-14/h3-8H,1-2H3,(H,16,19)(H,15,17,20)/p+1. The Labute approximate surface area is 130 Å². The fourth-order valence-electron chi connectivity index (χ4n) is 1.64. The summed E-state index contributed by atoms with van der Waals surface area (Å²) in [4.78, 5) is 37.2. The number of nitrogens with zero attached hydrogens (tertiary/aromatic N) is 1.